The topological polar surface area (TPSA) is 68.3 Å². The maximum absolute atomic E-state index is 13.1. The van der Waals surface area contributed by atoms with Crippen LogP contribution in [0.25, 0.3) is 11.1 Å². The second-order valence-corrected chi connectivity index (χ2v) is 13.5. The molecule has 5 nitrogen and oxygen atoms in total. The molecule has 0 unspecified atom stereocenters. The molecule has 1 aliphatic rings. The molecule has 0 bridgehead atoms. The minimum Gasteiger partial charge on any atom is -0.329 e. The van der Waals surface area contributed by atoms with Crippen molar-refractivity contribution < 1.29 is 47.7 Å². The van der Waals surface area contributed by atoms with Gasteiger partial charge in [0, 0.05) is 6.42 Å². The molecule has 0 heterocycles. The predicted molar refractivity (Wildman–Crippen MR) is 133 cm³/mol. The molecule has 0 saturated carbocycles. The third kappa shape index (κ3) is 6.71. The second kappa shape index (κ2) is 11.5. The Kier molecular flexibility index (Phi) is 9.75. The quantitative estimate of drug-likeness (QED) is 0.171. The number of quaternary nitrogens is 1. The van der Waals surface area contributed by atoms with E-state index in [9.17, 15) is 43.2 Å². The molecular weight excluding hydrogens is 556 g/mol. The summed E-state index contributed by atoms with van der Waals surface area (Å²) in [6.07, 6.45) is 5.12. The van der Waals surface area contributed by atoms with Crippen molar-refractivity contribution in [3.05, 3.63) is 47.5 Å². The molecule has 2 aromatic carbocycles. The van der Waals surface area contributed by atoms with Gasteiger partial charge in [0.05, 0.1) is 37.0 Å². The smallest absolute Gasteiger partial charge is 0.329 e. The van der Waals surface area contributed by atoms with Gasteiger partial charge in [-0.15, -0.1) is 0 Å². The Morgan fingerprint density at radius 2 is 1.34 bits per heavy atom. The number of halogens is 6. The number of nitrogens with zero attached hydrogens (tertiary/aromatic N) is 1. The number of rotatable bonds is 8. The largest absolute Gasteiger partial charge is 0.501 e. The zero-order valence-electron chi connectivity index (χ0n) is 21.6. The highest BCUT2D eigenvalue weighted by Gasteiger charge is 2.55. The Hall–Kier alpha value is -2.12. The number of hydrogen-bond acceptors (Lipinski definition) is 4. The molecule has 0 radical (unpaired) electrons. The highest BCUT2D eigenvalue weighted by molar-refractivity contribution is 7.95. The summed E-state index contributed by atoms with van der Waals surface area (Å²) in [4.78, 5) is -3.81. The van der Waals surface area contributed by atoms with E-state index in [1.165, 1.54) is 67.5 Å². The Morgan fingerprint density at radius 1 is 0.763 bits per heavy atom. The van der Waals surface area contributed by atoms with Crippen molar-refractivity contribution in [1.29, 1.82) is 0 Å². The first-order valence-corrected chi connectivity index (χ1v) is 15.0. The van der Waals surface area contributed by atoms with E-state index < -0.39 is 52.5 Å². The van der Waals surface area contributed by atoms with Crippen molar-refractivity contribution in [2.24, 2.45) is 0 Å². The molecule has 13 heteroatoms. The van der Waals surface area contributed by atoms with Crippen LogP contribution in [-0.2, 0) is 26.1 Å². The molecule has 0 atom stereocenters. The fraction of sp³-hybridized carbons (Fsp3) is 0.520. The van der Waals surface area contributed by atoms with Gasteiger partial charge in [-0.1, -0.05) is 50.1 Å². The SMILES string of the molecule is CCCCCC[N+](C)(C)CC.O=S(=O)(c1ccc2c(c1S(=O)(=O)C(F)(F)F)Cc1ccccc1-2)C(F)(F)F. The molecule has 0 saturated heterocycles. The van der Waals surface area contributed by atoms with E-state index in [2.05, 4.69) is 27.9 Å². The normalized spacial score (nSPS) is 13.9. The maximum atomic E-state index is 13.1. The van der Waals surface area contributed by atoms with E-state index in [4.69, 9.17) is 0 Å². The molecule has 0 N–H and O–H groups in total. The lowest BCUT2D eigenvalue weighted by Crippen LogP contribution is -2.39. The Labute approximate surface area is 219 Å². The van der Waals surface area contributed by atoms with E-state index in [1.54, 1.807) is 0 Å². The van der Waals surface area contributed by atoms with Gasteiger partial charge in [-0.2, -0.15) is 26.3 Å². The van der Waals surface area contributed by atoms with Gasteiger partial charge >= 0.3 is 11.0 Å². The number of benzene rings is 2. The van der Waals surface area contributed by atoms with E-state index in [1.807, 2.05) is 0 Å². The second-order valence-electron chi connectivity index (χ2n) is 9.69. The minimum absolute atomic E-state index is 0.0606. The molecule has 1 aliphatic carbocycles. The van der Waals surface area contributed by atoms with Gasteiger partial charge in [-0.3, -0.25) is 0 Å². The number of alkyl halides is 6. The van der Waals surface area contributed by atoms with Crippen molar-refractivity contribution >= 4 is 19.7 Å². The summed E-state index contributed by atoms with van der Waals surface area (Å²) in [6, 6.07) is 7.06. The van der Waals surface area contributed by atoms with Gasteiger partial charge in [0.15, 0.2) is 0 Å². The summed E-state index contributed by atoms with van der Waals surface area (Å²) in [7, 11) is -8.09. The van der Waals surface area contributed by atoms with Gasteiger partial charge < -0.3 is 4.48 Å². The van der Waals surface area contributed by atoms with Gasteiger partial charge in [0.25, 0.3) is 19.7 Å². The lowest BCUT2D eigenvalue weighted by molar-refractivity contribution is -0.888. The van der Waals surface area contributed by atoms with E-state index in [0.717, 1.165) is 6.07 Å². The minimum atomic E-state index is -6.37. The van der Waals surface area contributed by atoms with Crippen LogP contribution < -0.4 is 0 Å². The third-order valence-electron chi connectivity index (χ3n) is 6.54. The number of sulfone groups is 2. The average molecular weight is 589 g/mol. The zero-order chi connectivity index (χ0) is 29.2. The fourth-order valence-corrected chi connectivity index (χ4v) is 6.63. The molecule has 2 aromatic rings. The van der Waals surface area contributed by atoms with Crippen LogP contribution in [0, 0.1) is 0 Å². The van der Waals surface area contributed by atoms with Gasteiger partial charge in [0.1, 0.15) is 0 Å². The van der Waals surface area contributed by atoms with Crippen molar-refractivity contribution in [3.63, 3.8) is 0 Å². The number of hydrogen-bond donors (Lipinski definition) is 0. The lowest BCUT2D eigenvalue weighted by Gasteiger charge is -2.28. The summed E-state index contributed by atoms with van der Waals surface area (Å²) in [5, 5.41) is 0. The fourth-order valence-electron chi connectivity index (χ4n) is 4.03. The van der Waals surface area contributed by atoms with Crippen LogP contribution in [0.15, 0.2) is 46.2 Å². The van der Waals surface area contributed by atoms with Crippen LogP contribution in [0.1, 0.15) is 50.7 Å². The molecule has 0 amide bonds. The monoisotopic (exact) mass is 588 g/mol. The summed E-state index contributed by atoms with van der Waals surface area (Å²) < 4.78 is 127. The van der Waals surface area contributed by atoms with E-state index >= 15 is 0 Å². The van der Waals surface area contributed by atoms with Crippen LogP contribution >= 0.6 is 0 Å². The summed E-state index contributed by atoms with van der Waals surface area (Å²) in [5.74, 6) is 0. The van der Waals surface area contributed by atoms with Crippen LogP contribution in [-0.4, -0.2) is 59.5 Å². The molecule has 0 aliphatic heterocycles. The zero-order valence-corrected chi connectivity index (χ0v) is 23.2. The third-order valence-corrected chi connectivity index (χ3v) is 9.81. The molecule has 214 valence electrons. The van der Waals surface area contributed by atoms with Gasteiger partial charge in [0.2, 0.25) is 0 Å². The van der Waals surface area contributed by atoms with Crippen LogP contribution in [0.2, 0.25) is 0 Å². The molecule has 0 aromatic heterocycles. The highest BCUT2D eigenvalue weighted by Crippen LogP contribution is 2.47. The van der Waals surface area contributed by atoms with E-state index in [0.29, 0.717) is 11.1 Å². The van der Waals surface area contributed by atoms with Crippen LogP contribution in [0.3, 0.4) is 0 Å². The number of unbranched alkanes of at least 4 members (excludes halogenated alkanes) is 3. The van der Waals surface area contributed by atoms with Crippen LogP contribution in [0.5, 0.6) is 0 Å². The van der Waals surface area contributed by atoms with Crippen molar-refractivity contribution in [2.75, 3.05) is 27.2 Å². The summed E-state index contributed by atoms with van der Waals surface area (Å²) in [6.45, 7) is 7.13. The standard InChI is InChI=1S/C15H8F6O4S2.C10H24N/c16-14(17,18)26(22,23)12-6-5-10-9-4-2-1-3-8(9)7-11(10)13(12)27(24,25)15(19,20)21;1-5-7-8-9-10-11(3,4)6-2/h1-6H,7H2;5-10H2,1-4H3/q;+1. The Bertz CT molecular complexity index is 1350. The predicted octanol–water partition coefficient (Wildman–Crippen LogP) is 6.51. The first-order valence-electron chi connectivity index (χ1n) is 12.0. The summed E-state index contributed by atoms with van der Waals surface area (Å²) in [5.41, 5.74) is -11.9. The first kappa shape index (κ1) is 32.1. The summed E-state index contributed by atoms with van der Waals surface area (Å²) >= 11 is 0. The Morgan fingerprint density at radius 3 is 1.87 bits per heavy atom. The van der Waals surface area contributed by atoms with Crippen molar-refractivity contribution in [2.45, 2.75) is 66.8 Å². The highest BCUT2D eigenvalue weighted by atomic mass is 32.2. The molecule has 3 rings (SSSR count). The van der Waals surface area contributed by atoms with Gasteiger partial charge in [-0.05, 0) is 48.1 Å². The van der Waals surface area contributed by atoms with E-state index in [-0.39, 0.29) is 11.6 Å². The molecular formula is C25H32F6NO4S2+. The molecule has 0 spiro atoms. The van der Waals surface area contributed by atoms with Crippen molar-refractivity contribution in [1.82, 2.24) is 0 Å². The van der Waals surface area contributed by atoms with Crippen molar-refractivity contribution in [3.8, 4) is 11.1 Å². The Balaban J connectivity index is 0.000000391. The van der Waals surface area contributed by atoms with Crippen LogP contribution in [0.4, 0.5) is 26.3 Å². The maximum Gasteiger partial charge on any atom is 0.501 e. The number of fused-ring (bicyclic) bond motifs is 3. The van der Waals surface area contributed by atoms with Gasteiger partial charge in [-0.25, -0.2) is 16.8 Å². The average Bonchev–Trinajstić information content (AvgIpc) is 3.19. The molecule has 38 heavy (non-hydrogen) atoms. The molecule has 0 fully saturated rings. The lowest BCUT2D eigenvalue weighted by atomic mass is 10.1. The first-order chi connectivity index (χ1) is 17.3.